The summed E-state index contributed by atoms with van der Waals surface area (Å²) in [6.07, 6.45) is 4.20. The average Bonchev–Trinajstić information content (AvgIpc) is 2.87. The molecule has 0 aliphatic rings. The molecule has 2 aromatic rings. The highest BCUT2D eigenvalue weighted by Gasteiger charge is 2.12. The summed E-state index contributed by atoms with van der Waals surface area (Å²) in [4.78, 5) is 2.27. The van der Waals surface area contributed by atoms with Crippen LogP contribution in [0.5, 0.6) is 0 Å². The number of aromatic amines is 1. The molecule has 0 amide bonds. The Labute approximate surface area is 119 Å². The summed E-state index contributed by atoms with van der Waals surface area (Å²) in [5.74, 6) is -0.217. The molecule has 0 fully saturated rings. The van der Waals surface area contributed by atoms with Gasteiger partial charge in [-0.15, -0.1) is 0 Å². The zero-order valence-electron chi connectivity index (χ0n) is 12.4. The Morgan fingerprint density at radius 2 is 2.15 bits per heavy atom. The number of halogens is 1. The van der Waals surface area contributed by atoms with Gasteiger partial charge in [0, 0.05) is 17.7 Å². The van der Waals surface area contributed by atoms with E-state index < -0.39 is 0 Å². The Bertz CT molecular complexity index is 563. The molecule has 0 aliphatic carbocycles. The fraction of sp³-hybridized carbons (Fsp3) is 0.438. The maximum Gasteiger partial charge on any atom is 0.123 e. The van der Waals surface area contributed by atoms with E-state index in [4.69, 9.17) is 0 Å². The lowest BCUT2D eigenvalue weighted by Gasteiger charge is -2.16. The normalized spacial score (nSPS) is 11.2. The topological polar surface area (TPSA) is 31.9 Å². The molecule has 0 radical (unpaired) electrons. The van der Waals surface area contributed by atoms with Crippen molar-refractivity contribution in [2.45, 2.75) is 33.2 Å². The van der Waals surface area contributed by atoms with Crippen LogP contribution in [0.4, 0.5) is 4.39 Å². The number of nitrogens with one attached hydrogen (secondary N) is 1. The highest BCUT2D eigenvalue weighted by Crippen LogP contribution is 2.26. The summed E-state index contributed by atoms with van der Waals surface area (Å²) < 4.78 is 13.5. The van der Waals surface area contributed by atoms with Crippen LogP contribution in [0.2, 0.25) is 0 Å². The molecule has 1 aromatic heterocycles. The van der Waals surface area contributed by atoms with Gasteiger partial charge in [-0.05, 0) is 44.6 Å². The lowest BCUT2D eigenvalue weighted by Crippen LogP contribution is -2.19. The molecule has 0 atom stereocenters. The van der Waals surface area contributed by atoms with Gasteiger partial charge in [0.2, 0.25) is 0 Å². The highest BCUT2D eigenvalue weighted by molar-refractivity contribution is 5.66. The molecule has 20 heavy (non-hydrogen) atoms. The molecule has 1 heterocycles. The van der Waals surface area contributed by atoms with Crippen molar-refractivity contribution in [1.29, 1.82) is 0 Å². The van der Waals surface area contributed by atoms with Crippen molar-refractivity contribution in [2.75, 3.05) is 13.6 Å². The number of hydrogen-bond donors (Lipinski definition) is 1. The summed E-state index contributed by atoms with van der Waals surface area (Å²) >= 11 is 0. The SMILES string of the molecule is CCCCN(C)Cc1cn[nH]c1-c1cc(F)ccc1C. The molecule has 0 saturated heterocycles. The molecule has 0 spiro atoms. The van der Waals surface area contributed by atoms with Crippen LogP contribution in [0.15, 0.2) is 24.4 Å². The van der Waals surface area contributed by atoms with Crippen molar-refractivity contribution >= 4 is 0 Å². The number of unbranched alkanes of at least 4 members (excludes halogenated alkanes) is 1. The zero-order valence-corrected chi connectivity index (χ0v) is 12.4. The number of aromatic nitrogens is 2. The Morgan fingerprint density at radius 3 is 2.90 bits per heavy atom. The standard InChI is InChI=1S/C16H22FN3/c1-4-5-8-20(3)11-13-10-18-19-16(13)15-9-14(17)7-6-12(15)2/h6-7,9-10H,4-5,8,11H2,1-3H3,(H,18,19). The average molecular weight is 275 g/mol. The number of nitrogens with zero attached hydrogens (tertiary/aromatic N) is 2. The maximum absolute atomic E-state index is 13.5. The number of aryl methyl sites for hydroxylation is 1. The van der Waals surface area contributed by atoms with E-state index in [0.717, 1.165) is 35.5 Å². The smallest absolute Gasteiger partial charge is 0.123 e. The van der Waals surface area contributed by atoms with E-state index in [9.17, 15) is 4.39 Å². The van der Waals surface area contributed by atoms with E-state index in [1.807, 2.05) is 13.1 Å². The molecule has 0 aliphatic heterocycles. The first-order valence-corrected chi connectivity index (χ1v) is 7.09. The van der Waals surface area contributed by atoms with Gasteiger partial charge in [0.15, 0.2) is 0 Å². The predicted octanol–water partition coefficient (Wildman–Crippen LogP) is 3.76. The first-order chi connectivity index (χ1) is 9.61. The summed E-state index contributed by atoms with van der Waals surface area (Å²) in [5, 5.41) is 7.14. The number of rotatable bonds is 6. The Morgan fingerprint density at radius 1 is 1.35 bits per heavy atom. The van der Waals surface area contributed by atoms with Gasteiger partial charge in [-0.3, -0.25) is 5.10 Å². The first-order valence-electron chi connectivity index (χ1n) is 7.09. The van der Waals surface area contributed by atoms with Gasteiger partial charge in [-0.2, -0.15) is 5.10 Å². The van der Waals surface area contributed by atoms with Crippen LogP contribution in [0.25, 0.3) is 11.3 Å². The van der Waals surface area contributed by atoms with Gasteiger partial charge in [0.1, 0.15) is 5.82 Å². The van der Waals surface area contributed by atoms with Crippen LogP contribution in [-0.4, -0.2) is 28.7 Å². The van der Waals surface area contributed by atoms with Crippen molar-refractivity contribution in [3.8, 4) is 11.3 Å². The largest absolute Gasteiger partial charge is 0.302 e. The Kier molecular flexibility index (Phi) is 4.90. The van der Waals surface area contributed by atoms with E-state index in [-0.39, 0.29) is 5.82 Å². The third-order valence-electron chi connectivity index (χ3n) is 3.52. The van der Waals surface area contributed by atoms with E-state index in [0.29, 0.717) is 0 Å². The van der Waals surface area contributed by atoms with Crippen molar-refractivity contribution < 1.29 is 4.39 Å². The minimum absolute atomic E-state index is 0.217. The summed E-state index contributed by atoms with van der Waals surface area (Å²) in [6, 6.07) is 4.86. The minimum atomic E-state index is -0.217. The van der Waals surface area contributed by atoms with Crippen LogP contribution in [0, 0.1) is 12.7 Å². The van der Waals surface area contributed by atoms with Crippen molar-refractivity contribution in [2.24, 2.45) is 0 Å². The summed E-state index contributed by atoms with van der Waals surface area (Å²) in [6.45, 7) is 6.05. The molecule has 108 valence electrons. The second-order valence-corrected chi connectivity index (χ2v) is 5.32. The molecular weight excluding hydrogens is 253 g/mol. The van der Waals surface area contributed by atoms with Gasteiger partial charge < -0.3 is 4.90 Å². The molecule has 3 nitrogen and oxygen atoms in total. The highest BCUT2D eigenvalue weighted by atomic mass is 19.1. The van der Waals surface area contributed by atoms with E-state index in [1.54, 1.807) is 12.1 Å². The first kappa shape index (κ1) is 14.7. The van der Waals surface area contributed by atoms with Gasteiger partial charge in [0.05, 0.1) is 11.9 Å². The molecule has 2 rings (SSSR count). The zero-order chi connectivity index (χ0) is 14.5. The molecule has 1 aromatic carbocycles. The van der Waals surface area contributed by atoms with Gasteiger partial charge in [-0.1, -0.05) is 19.4 Å². The van der Waals surface area contributed by atoms with E-state index in [1.165, 1.54) is 18.9 Å². The maximum atomic E-state index is 13.5. The molecule has 0 saturated carbocycles. The second kappa shape index (κ2) is 6.66. The van der Waals surface area contributed by atoms with Crippen LogP contribution < -0.4 is 0 Å². The van der Waals surface area contributed by atoms with Crippen molar-refractivity contribution in [1.82, 2.24) is 15.1 Å². The fourth-order valence-electron chi connectivity index (χ4n) is 2.33. The van der Waals surface area contributed by atoms with Crippen molar-refractivity contribution in [3.05, 3.63) is 41.3 Å². The number of H-pyrrole nitrogens is 1. The van der Waals surface area contributed by atoms with Gasteiger partial charge >= 0.3 is 0 Å². The predicted molar refractivity (Wildman–Crippen MR) is 80.0 cm³/mol. The third kappa shape index (κ3) is 3.45. The van der Waals surface area contributed by atoms with Crippen LogP contribution >= 0.6 is 0 Å². The molecule has 4 heteroatoms. The van der Waals surface area contributed by atoms with Crippen LogP contribution in [0.1, 0.15) is 30.9 Å². The quantitative estimate of drug-likeness (QED) is 0.870. The third-order valence-corrected chi connectivity index (χ3v) is 3.52. The second-order valence-electron chi connectivity index (χ2n) is 5.32. The summed E-state index contributed by atoms with van der Waals surface area (Å²) in [5.41, 5.74) is 3.97. The lowest BCUT2D eigenvalue weighted by molar-refractivity contribution is 0.321. The molecule has 0 bridgehead atoms. The van der Waals surface area contributed by atoms with Crippen LogP contribution in [0.3, 0.4) is 0 Å². The lowest BCUT2D eigenvalue weighted by atomic mass is 10.0. The molecular formula is C16H22FN3. The number of benzene rings is 1. The van der Waals surface area contributed by atoms with Gasteiger partial charge in [0.25, 0.3) is 0 Å². The monoisotopic (exact) mass is 275 g/mol. The minimum Gasteiger partial charge on any atom is -0.302 e. The fourth-order valence-corrected chi connectivity index (χ4v) is 2.33. The molecule has 1 N–H and O–H groups in total. The Balaban J connectivity index is 2.22. The van der Waals surface area contributed by atoms with Crippen molar-refractivity contribution in [3.63, 3.8) is 0 Å². The number of hydrogen-bond acceptors (Lipinski definition) is 2. The summed E-state index contributed by atoms with van der Waals surface area (Å²) in [7, 11) is 2.10. The van der Waals surface area contributed by atoms with E-state index in [2.05, 4.69) is 29.1 Å². The van der Waals surface area contributed by atoms with E-state index >= 15 is 0 Å². The van der Waals surface area contributed by atoms with Crippen LogP contribution in [-0.2, 0) is 6.54 Å². The molecule has 0 unspecified atom stereocenters. The Hall–Kier alpha value is -1.68. The van der Waals surface area contributed by atoms with Gasteiger partial charge in [-0.25, -0.2) is 4.39 Å².